The SMILES string of the molecule is OB(O)c1ccc(OCC2CCOc3ccccc32)cc1. The zero-order valence-corrected chi connectivity index (χ0v) is 11.6. The van der Waals surface area contributed by atoms with Crippen molar-refractivity contribution in [2.45, 2.75) is 12.3 Å². The van der Waals surface area contributed by atoms with Gasteiger partial charge in [0, 0.05) is 11.5 Å². The highest BCUT2D eigenvalue weighted by Gasteiger charge is 2.21. The van der Waals surface area contributed by atoms with Gasteiger partial charge in [0.2, 0.25) is 0 Å². The van der Waals surface area contributed by atoms with Crippen LogP contribution in [0.25, 0.3) is 0 Å². The first-order chi connectivity index (χ1) is 10.2. The summed E-state index contributed by atoms with van der Waals surface area (Å²) in [7, 11) is -1.44. The summed E-state index contributed by atoms with van der Waals surface area (Å²) in [6, 6.07) is 14.8. The van der Waals surface area contributed by atoms with Crippen LogP contribution >= 0.6 is 0 Å². The number of fused-ring (bicyclic) bond motifs is 1. The molecule has 1 aliphatic rings. The van der Waals surface area contributed by atoms with Crippen molar-refractivity contribution in [1.29, 1.82) is 0 Å². The van der Waals surface area contributed by atoms with Crippen LogP contribution < -0.4 is 14.9 Å². The predicted molar refractivity (Wildman–Crippen MR) is 81.1 cm³/mol. The fourth-order valence-electron chi connectivity index (χ4n) is 2.52. The Morgan fingerprint density at radius 3 is 2.62 bits per heavy atom. The van der Waals surface area contributed by atoms with Crippen molar-refractivity contribution in [3.63, 3.8) is 0 Å². The predicted octanol–water partition coefficient (Wildman–Crippen LogP) is 1.31. The normalized spacial score (nSPS) is 16.8. The summed E-state index contributed by atoms with van der Waals surface area (Å²) in [5.41, 5.74) is 1.64. The van der Waals surface area contributed by atoms with Gasteiger partial charge in [0.15, 0.2) is 0 Å². The van der Waals surface area contributed by atoms with Gasteiger partial charge in [-0.1, -0.05) is 30.3 Å². The lowest BCUT2D eigenvalue weighted by atomic mass is 9.80. The number of hydrogen-bond donors (Lipinski definition) is 2. The van der Waals surface area contributed by atoms with Gasteiger partial charge in [0.25, 0.3) is 0 Å². The van der Waals surface area contributed by atoms with Crippen molar-refractivity contribution >= 4 is 12.6 Å². The molecule has 0 radical (unpaired) electrons. The fourth-order valence-corrected chi connectivity index (χ4v) is 2.52. The van der Waals surface area contributed by atoms with Crippen LogP contribution in [0.5, 0.6) is 11.5 Å². The van der Waals surface area contributed by atoms with Crippen LogP contribution in [0.1, 0.15) is 17.9 Å². The highest BCUT2D eigenvalue weighted by molar-refractivity contribution is 6.58. The summed E-state index contributed by atoms with van der Waals surface area (Å²) in [4.78, 5) is 0. The van der Waals surface area contributed by atoms with Gasteiger partial charge >= 0.3 is 7.12 Å². The van der Waals surface area contributed by atoms with Crippen molar-refractivity contribution in [2.75, 3.05) is 13.2 Å². The van der Waals surface area contributed by atoms with E-state index < -0.39 is 7.12 Å². The first-order valence-electron chi connectivity index (χ1n) is 7.04. The van der Waals surface area contributed by atoms with E-state index in [1.165, 1.54) is 5.56 Å². The molecule has 2 aromatic carbocycles. The minimum absolute atomic E-state index is 0.318. The van der Waals surface area contributed by atoms with Gasteiger partial charge in [-0.25, -0.2) is 0 Å². The molecule has 0 bridgehead atoms. The molecule has 1 atom stereocenters. The lowest BCUT2D eigenvalue weighted by Crippen LogP contribution is -2.29. The average Bonchev–Trinajstić information content (AvgIpc) is 2.53. The molecule has 0 saturated carbocycles. The van der Waals surface area contributed by atoms with Crippen LogP contribution in [0, 0.1) is 0 Å². The van der Waals surface area contributed by atoms with Crippen molar-refractivity contribution in [2.24, 2.45) is 0 Å². The Labute approximate surface area is 124 Å². The Hall–Kier alpha value is -1.98. The van der Waals surface area contributed by atoms with E-state index in [4.69, 9.17) is 19.5 Å². The molecule has 1 heterocycles. The summed E-state index contributed by atoms with van der Waals surface area (Å²) in [5.74, 6) is 1.98. The zero-order valence-electron chi connectivity index (χ0n) is 11.6. The zero-order chi connectivity index (χ0) is 14.7. The molecule has 5 heteroatoms. The number of hydrogen-bond acceptors (Lipinski definition) is 4. The summed E-state index contributed by atoms with van der Waals surface area (Å²) < 4.78 is 11.5. The Morgan fingerprint density at radius 2 is 1.86 bits per heavy atom. The minimum Gasteiger partial charge on any atom is -0.493 e. The van der Waals surface area contributed by atoms with Crippen molar-refractivity contribution in [3.05, 3.63) is 54.1 Å². The van der Waals surface area contributed by atoms with Crippen molar-refractivity contribution < 1.29 is 19.5 Å². The molecule has 1 aliphatic heterocycles. The smallest absolute Gasteiger partial charge is 0.488 e. The number of benzene rings is 2. The van der Waals surface area contributed by atoms with Gasteiger partial charge in [-0.3, -0.25) is 0 Å². The second-order valence-corrected chi connectivity index (χ2v) is 5.13. The van der Waals surface area contributed by atoms with Gasteiger partial charge in [-0.15, -0.1) is 0 Å². The second kappa shape index (κ2) is 6.20. The summed E-state index contributed by atoms with van der Waals surface area (Å²) in [6.07, 6.45) is 0.935. The monoisotopic (exact) mass is 284 g/mol. The third-order valence-corrected chi connectivity index (χ3v) is 3.71. The molecule has 0 fully saturated rings. The molecular formula is C16H17BO4. The third kappa shape index (κ3) is 3.20. The van der Waals surface area contributed by atoms with Crippen LogP contribution in [-0.2, 0) is 0 Å². The Balaban J connectivity index is 1.66. The topological polar surface area (TPSA) is 58.9 Å². The second-order valence-electron chi connectivity index (χ2n) is 5.13. The van der Waals surface area contributed by atoms with Gasteiger partial charge in [-0.2, -0.15) is 0 Å². The van der Waals surface area contributed by atoms with E-state index in [1.54, 1.807) is 24.3 Å². The quantitative estimate of drug-likeness (QED) is 0.831. The summed E-state index contributed by atoms with van der Waals surface area (Å²) in [5, 5.41) is 18.1. The Morgan fingerprint density at radius 1 is 1.10 bits per heavy atom. The van der Waals surface area contributed by atoms with Gasteiger partial charge in [0.05, 0.1) is 13.2 Å². The van der Waals surface area contributed by atoms with E-state index in [9.17, 15) is 0 Å². The molecular weight excluding hydrogens is 267 g/mol. The molecule has 2 aromatic rings. The lowest BCUT2D eigenvalue weighted by Gasteiger charge is -2.25. The highest BCUT2D eigenvalue weighted by atomic mass is 16.5. The van der Waals surface area contributed by atoms with Crippen LogP contribution in [0.3, 0.4) is 0 Å². The molecule has 108 valence electrons. The third-order valence-electron chi connectivity index (χ3n) is 3.71. The average molecular weight is 284 g/mol. The van der Waals surface area contributed by atoms with E-state index in [-0.39, 0.29) is 0 Å². The van der Waals surface area contributed by atoms with Crippen LogP contribution in [0.15, 0.2) is 48.5 Å². The lowest BCUT2D eigenvalue weighted by molar-refractivity contribution is 0.217. The van der Waals surface area contributed by atoms with E-state index >= 15 is 0 Å². The maximum atomic E-state index is 9.06. The maximum Gasteiger partial charge on any atom is 0.488 e. The van der Waals surface area contributed by atoms with Gasteiger partial charge in [-0.05, 0) is 30.1 Å². The van der Waals surface area contributed by atoms with E-state index in [1.807, 2.05) is 18.2 Å². The highest BCUT2D eigenvalue weighted by Crippen LogP contribution is 2.33. The molecule has 0 aliphatic carbocycles. The van der Waals surface area contributed by atoms with Crippen LogP contribution in [0.2, 0.25) is 0 Å². The molecule has 21 heavy (non-hydrogen) atoms. The Kier molecular flexibility index (Phi) is 4.13. The molecule has 0 saturated heterocycles. The molecule has 4 nitrogen and oxygen atoms in total. The first kappa shape index (κ1) is 14.0. The molecule has 2 N–H and O–H groups in total. The number of para-hydroxylation sites is 1. The van der Waals surface area contributed by atoms with E-state index in [0.29, 0.717) is 24.6 Å². The summed E-state index contributed by atoms with van der Waals surface area (Å²) in [6.45, 7) is 1.29. The van der Waals surface area contributed by atoms with Crippen molar-refractivity contribution in [3.8, 4) is 11.5 Å². The largest absolute Gasteiger partial charge is 0.493 e. The standard InChI is InChI=1S/C16H17BO4/c18-17(19)13-5-7-14(8-6-13)21-11-12-9-10-20-16-4-2-1-3-15(12)16/h1-8,12,18-19H,9-11H2. The first-order valence-corrected chi connectivity index (χ1v) is 7.04. The number of rotatable bonds is 4. The molecule has 0 aromatic heterocycles. The van der Waals surface area contributed by atoms with Gasteiger partial charge in [0.1, 0.15) is 11.5 Å². The van der Waals surface area contributed by atoms with Crippen LogP contribution in [-0.4, -0.2) is 30.4 Å². The molecule has 0 amide bonds. The summed E-state index contributed by atoms with van der Waals surface area (Å²) >= 11 is 0. The van der Waals surface area contributed by atoms with E-state index in [0.717, 1.165) is 17.9 Å². The van der Waals surface area contributed by atoms with Gasteiger partial charge < -0.3 is 19.5 Å². The minimum atomic E-state index is -1.44. The van der Waals surface area contributed by atoms with Crippen LogP contribution in [0.4, 0.5) is 0 Å². The molecule has 0 spiro atoms. The van der Waals surface area contributed by atoms with E-state index in [2.05, 4.69) is 6.07 Å². The molecule has 1 unspecified atom stereocenters. The number of ether oxygens (including phenoxy) is 2. The Bertz CT molecular complexity index is 597. The fraction of sp³-hybridized carbons (Fsp3) is 0.250. The van der Waals surface area contributed by atoms with Crippen molar-refractivity contribution in [1.82, 2.24) is 0 Å². The molecule has 3 rings (SSSR count). The maximum absolute atomic E-state index is 9.06.